The van der Waals surface area contributed by atoms with Crippen LogP contribution in [0, 0.1) is 0 Å². The minimum Gasteiger partial charge on any atom is -0.497 e. The molecule has 1 N–H and O–H groups in total. The van der Waals surface area contributed by atoms with Gasteiger partial charge in [0.1, 0.15) is 5.75 Å². The number of nitrogens with one attached hydrogen (secondary N) is 1. The highest BCUT2D eigenvalue weighted by Crippen LogP contribution is 2.58. The van der Waals surface area contributed by atoms with Crippen LogP contribution in [0.1, 0.15) is 54.1 Å². The molecule has 1 aliphatic heterocycles. The quantitative estimate of drug-likeness (QED) is 0.263. The zero-order valence-corrected chi connectivity index (χ0v) is 21.7. The molecule has 40 heavy (non-hydrogen) atoms. The number of hydrogen-bond donors (Lipinski definition) is 1. The van der Waals surface area contributed by atoms with Gasteiger partial charge in [-0.3, -0.25) is 9.59 Å². The summed E-state index contributed by atoms with van der Waals surface area (Å²) in [6, 6.07) is 35.8. The number of methoxy groups -OCH3 is 1. The van der Waals surface area contributed by atoms with Crippen molar-refractivity contribution in [1.82, 2.24) is 0 Å². The summed E-state index contributed by atoms with van der Waals surface area (Å²) >= 11 is 0. The molecular formula is C36H23NO3. The Morgan fingerprint density at radius 3 is 1.77 bits per heavy atom. The molecule has 2 aliphatic carbocycles. The fourth-order valence-electron chi connectivity index (χ4n) is 6.75. The number of carbonyl (C=O) groups excluding carboxylic acids is 2. The first-order valence-electron chi connectivity index (χ1n) is 13.3. The summed E-state index contributed by atoms with van der Waals surface area (Å²) in [4.78, 5) is 27.8. The number of hydrogen-bond acceptors (Lipinski definition) is 4. The molecular weight excluding hydrogens is 494 g/mol. The Bertz CT molecular complexity index is 1900. The van der Waals surface area contributed by atoms with Crippen molar-refractivity contribution in [1.29, 1.82) is 0 Å². The maximum atomic E-state index is 14.1. The number of anilines is 1. The van der Waals surface area contributed by atoms with Gasteiger partial charge in [0.25, 0.3) is 0 Å². The number of ketones is 2. The molecule has 0 bridgehead atoms. The molecule has 0 atom stereocenters. The van der Waals surface area contributed by atoms with Crippen molar-refractivity contribution < 1.29 is 14.3 Å². The van der Waals surface area contributed by atoms with Gasteiger partial charge in [-0.15, -0.1) is 0 Å². The molecule has 0 aromatic heterocycles. The molecule has 1 spiro atoms. The van der Waals surface area contributed by atoms with Crippen molar-refractivity contribution in [2.75, 3.05) is 12.4 Å². The predicted octanol–water partition coefficient (Wildman–Crippen LogP) is 7.25. The molecule has 4 heteroatoms. The number of fused-ring (bicyclic) bond motifs is 10. The van der Waals surface area contributed by atoms with Crippen LogP contribution in [-0.2, 0) is 5.41 Å². The first-order valence-corrected chi connectivity index (χ1v) is 13.3. The van der Waals surface area contributed by atoms with Crippen LogP contribution in [0.2, 0.25) is 0 Å². The largest absolute Gasteiger partial charge is 0.497 e. The van der Waals surface area contributed by atoms with Crippen molar-refractivity contribution in [2.24, 2.45) is 0 Å². The van der Waals surface area contributed by atoms with E-state index in [2.05, 4.69) is 59.9 Å². The fourth-order valence-corrected chi connectivity index (χ4v) is 6.75. The van der Waals surface area contributed by atoms with Gasteiger partial charge in [0.15, 0.2) is 11.6 Å². The summed E-state index contributed by atoms with van der Waals surface area (Å²) in [5.41, 5.74) is 9.22. The lowest BCUT2D eigenvalue weighted by Gasteiger charge is -2.38. The smallest absolute Gasteiger partial charge is 0.196 e. The standard InChI is InChI=1S/C36H23NO3/c1-40-22-16-14-21(15-17-22)31-20-36(28-12-6-4-8-23(28)24-9-5-7-13-29(24)36)30-19-18-27-32(33(30)37-31)35(39)26-11-3-2-10-25(26)34(27)38/h2-20,37H,1H3. The monoisotopic (exact) mass is 517 g/mol. The Hall–Kier alpha value is -5.22. The maximum absolute atomic E-state index is 14.1. The van der Waals surface area contributed by atoms with Gasteiger partial charge in [0, 0.05) is 22.4 Å². The average Bonchev–Trinajstić information content (AvgIpc) is 3.29. The predicted molar refractivity (Wildman–Crippen MR) is 156 cm³/mol. The number of ether oxygens (including phenoxy) is 1. The summed E-state index contributed by atoms with van der Waals surface area (Å²) in [5, 5.41) is 3.62. The third-order valence-corrected chi connectivity index (χ3v) is 8.53. The van der Waals surface area contributed by atoms with Crippen molar-refractivity contribution in [3.05, 3.63) is 160 Å². The van der Waals surface area contributed by atoms with E-state index in [-0.39, 0.29) is 11.6 Å². The Balaban J connectivity index is 1.47. The average molecular weight is 518 g/mol. The second-order valence-electron chi connectivity index (χ2n) is 10.4. The molecule has 5 aromatic carbocycles. The van der Waals surface area contributed by atoms with Crippen molar-refractivity contribution >= 4 is 23.0 Å². The normalized spacial score (nSPS) is 15.3. The van der Waals surface area contributed by atoms with Gasteiger partial charge < -0.3 is 10.1 Å². The lowest BCUT2D eigenvalue weighted by molar-refractivity contribution is 0.0979. The third-order valence-electron chi connectivity index (χ3n) is 8.53. The van der Waals surface area contributed by atoms with Gasteiger partial charge in [-0.05, 0) is 69.8 Å². The zero-order valence-electron chi connectivity index (χ0n) is 21.7. The van der Waals surface area contributed by atoms with Crippen LogP contribution in [0.25, 0.3) is 16.8 Å². The molecule has 5 aromatic rings. The number of allylic oxidation sites excluding steroid dienone is 1. The Kier molecular flexibility index (Phi) is 4.63. The summed E-state index contributed by atoms with van der Waals surface area (Å²) in [6.45, 7) is 0. The second-order valence-corrected chi connectivity index (χ2v) is 10.4. The van der Waals surface area contributed by atoms with Crippen LogP contribution >= 0.6 is 0 Å². The first-order chi connectivity index (χ1) is 19.6. The zero-order chi connectivity index (χ0) is 27.0. The van der Waals surface area contributed by atoms with Crippen LogP contribution in [0.15, 0.2) is 115 Å². The van der Waals surface area contributed by atoms with Crippen molar-refractivity contribution in [3.8, 4) is 16.9 Å². The summed E-state index contributed by atoms with van der Waals surface area (Å²) in [7, 11) is 1.65. The second kappa shape index (κ2) is 8.14. The Morgan fingerprint density at radius 2 is 1.15 bits per heavy atom. The lowest BCUT2D eigenvalue weighted by Crippen LogP contribution is -2.33. The minimum atomic E-state index is -0.654. The van der Waals surface area contributed by atoms with E-state index in [9.17, 15) is 9.59 Å². The van der Waals surface area contributed by atoms with Crippen LogP contribution in [0.3, 0.4) is 0 Å². The van der Waals surface area contributed by atoms with Gasteiger partial charge in [-0.25, -0.2) is 0 Å². The van der Waals surface area contributed by atoms with E-state index in [1.54, 1.807) is 25.3 Å². The van der Waals surface area contributed by atoms with Crippen LogP contribution < -0.4 is 10.1 Å². The molecule has 0 radical (unpaired) electrons. The van der Waals surface area contributed by atoms with E-state index >= 15 is 0 Å². The highest BCUT2D eigenvalue weighted by atomic mass is 16.5. The molecule has 0 fully saturated rings. The van der Waals surface area contributed by atoms with E-state index in [0.29, 0.717) is 27.9 Å². The van der Waals surface area contributed by atoms with E-state index in [1.807, 2.05) is 42.5 Å². The van der Waals surface area contributed by atoms with E-state index in [0.717, 1.165) is 33.7 Å². The van der Waals surface area contributed by atoms with Crippen molar-refractivity contribution in [3.63, 3.8) is 0 Å². The van der Waals surface area contributed by atoms with Gasteiger partial charge >= 0.3 is 0 Å². The molecule has 0 unspecified atom stereocenters. The summed E-state index contributed by atoms with van der Waals surface area (Å²) < 4.78 is 5.41. The van der Waals surface area contributed by atoms with Gasteiger partial charge in [-0.1, -0.05) is 78.9 Å². The fraction of sp³-hybridized carbons (Fsp3) is 0.0556. The first kappa shape index (κ1) is 22.7. The van der Waals surface area contributed by atoms with E-state index < -0.39 is 5.41 Å². The number of rotatable bonds is 2. The topological polar surface area (TPSA) is 55.4 Å². The molecule has 0 saturated carbocycles. The summed E-state index contributed by atoms with van der Waals surface area (Å²) in [5.74, 6) is 0.499. The van der Waals surface area contributed by atoms with E-state index in [4.69, 9.17) is 4.74 Å². The van der Waals surface area contributed by atoms with Gasteiger partial charge in [-0.2, -0.15) is 0 Å². The number of benzene rings is 5. The highest BCUT2D eigenvalue weighted by molar-refractivity contribution is 6.30. The molecule has 8 rings (SSSR count). The van der Waals surface area contributed by atoms with Crippen molar-refractivity contribution in [2.45, 2.75) is 5.41 Å². The maximum Gasteiger partial charge on any atom is 0.196 e. The third kappa shape index (κ3) is 2.85. The number of carbonyl (C=O) groups is 2. The Morgan fingerprint density at radius 1 is 0.575 bits per heavy atom. The molecule has 3 aliphatic rings. The summed E-state index contributed by atoms with van der Waals surface area (Å²) in [6.07, 6.45) is 2.28. The molecule has 0 saturated heterocycles. The van der Waals surface area contributed by atoms with Crippen LogP contribution in [0.4, 0.5) is 5.69 Å². The van der Waals surface area contributed by atoms with Crippen LogP contribution in [-0.4, -0.2) is 18.7 Å². The van der Waals surface area contributed by atoms with Gasteiger partial charge in [0.2, 0.25) is 0 Å². The molecule has 190 valence electrons. The highest BCUT2D eigenvalue weighted by Gasteiger charge is 2.48. The van der Waals surface area contributed by atoms with Crippen LogP contribution in [0.5, 0.6) is 5.75 Å². The molecule has 4 nitrogen and oxygen atoms in total. The Labute approximate surface area is 231 Å². The van der Waals surface area contributed by atoms with E-state index in [1.165, 1.54) is 11.1 Å². The molecule has 0 amide bonds. The lowest BCUT2D eigenvalue weighted by atomic mass is 9.67. The minimum absolute atomic E-state index is 0.128. The molecule has 1 heterocycles. The van der Waals surface area contributed by atoms with Gasteiger partial charge in [0.05, 0.1) is 23.8 Å². The SMILES string of the molecule is COc1ccc(C2=CC3(c4ccccc4-c4ccccc43)c3ccc4c(c3N2)C(=O)c2ccccc2C4=O)cc1.